The molecule has 1 aliphatic heterocycles. The number of nitrogens with zero attached hydrogens (tertiary/aromatic N) is 1. The van der Waals surface area contributed by atoms with Crippen LogP contribution in [0.4, 0.5) is 20.6 Å². The van der Waals surface area contributed by atoms with Crippen molar-refractivity contribution in [1.82, 2.24) is 0 Å². The van der Waals surface area contributed by atoms with Crippen molar-refractivity contribution in [2.24, 2.45) is 4.99 Å². The third-order valence-electron chi connectivity index (χ3n) is 4.65. The molecule has 1 fully saturated rings. The van der Waals surface area contributed by atoms with Gasteiger partial charge in [0, 0.05) is 16.8 Å². The van der Waals surface area contributed by atoms with Crippen LogP contribution in [0.25, 0.3) is 0 Å². The maximum Gasteiger partial charge on any atom is 0.412 e. The van der Waals surface area contributed by atoms with Gasteiger partial charge >= 0.3 is 6.09 Å². The SMILES string of the molecule is CC1=Nc2c(F)cc(NC(=O)OC(C)(C)C)cc2C12CCCC2. The first-order chi connectivity index (χ1) is 10.7. The van der Waals surface area contributed by atoms with Crippen LogP contribution in [0.15, 0.2) is 17.1 Å². The Kier molecular flexibility index (Phi) is 3.69. The first kappa shape index (κ1) is 16.0. The van der Waals surface area contributed by atoms with Crippen molar-refractivity contribution in [2.45, 2.75) is 64.4 Å². The third-order valence-corrected chi connectivity index (χ3v) is 4.65. The Balaban J connectivity index is 1.91. The van der Waals surface area contributed by atoms with E-state index >= 15 is 0 Å². The lowest BCUT2D eigenvalue weighted by molar-refractivity contribution is 0.0636. The van der Waals surface area contributed by atoms with Gasteiger partial charge in [0.15, 0.2) is 5.82 Å². The van der Waals surface area contributed by atoms with Crippen molar-refractivity contribution >= 4 is 23.2 Å². The molecule has 2 aliphatic rings. The van der Waals surface area contributed by atoms with E-state index in [1.54, 1.807) is 20.8 Å². The summed E-state index contributed by atoms with van der Waals surface area (Å²) in [5.74, 6) is -0.392. The van der Waals surface area contributed by atoms with Crippen molar-refractivity contribution in [3.05, 3.63) is 23.5 Å². The van der Waals surface area contributed by atoms with Crippen LogP contribution >= 0.6 is 0 Å². The minimum absolute atomic E-state index is 0.151. The molecule has 124 valence electrons. The van der Waals surface area contributed by atoms with E-state index in [1.165, 1.54) is 6.07 Å². The number of carbonyl (C=O) groups excluding carboxylic acids is 1. The van der Waals surface area contributed by atoms with Gasteiger partial charge in [-0.15, -0.1) is 0 Å². The molecule has 4 nitrogen and oxygen atoms in total. The predicted octanol–water partition coefficient (Wildman–Crippen LogP) is 5.09. The normalized spacial score (nSPS) is 18.7. The van der Waals surface area contributed by atoms with Gasteiger partial charge in [-0.1, -0.05) is 12.8 Å². The molecule has 0 radical (unpaired) electrons. The molecular formula is C18H23FN2O2. The zero-order valence-corrected chi connectivity index (χ0v) is 14.1. The number of anilines is 1. The van der Waals surface area contributed by atoms with Gasteiger partial charge < -0.3 is 4.74 Å². The maximum absolute atomic E-state index is 14.5. The van der Waals surface area contributed by atoms with Crippen LogP contribution in [0.3, 0.4) is 0 Å². The molecule has 1 aromatic carbocycles. The maximum atomic E-state index is 14.5. The molecule has 1 amide bonds. The second kappa shape index (κ2) is 5.32. The number of aliphatic imine (C=N–C) groups is 1. The fourth-order valence-corrected chi connectivity index (χ4v) is 3.65. The van der Waals surface area contributed by atoms with Gasteiger partial charge in [-0.3, -0.25) is 10.3 Å². The Morgan fingerprint density at radius 2 is 1.96 bits per heavy atom. The number of fused-ring (bicyclic) bond motifs is 2. The molecule has 0 aromatic heterocycles. The first-order valence-corrected chi connectivity index (χ1v) is 8.11. The Bertz CT molecular complexity index is 683. The minimum atomic E-state index is -0.592. The Labute approximate surface area is 136 Å². The van der Waals surface area contributed by atoms with Gasteiger partial charge in [-0.25, -0.2) is 9.18 Å². The number of ether oxygens (including phenoxy) is 1. The van der Waals surface area contributed by atoms with Crippen LogP contribution in [0.1, 0.15) is 58.9 Å². The zero-order valence-electron chi connectivity index (χ0n) is 14.1. The van der Waals surface area contributed by atoms with E-state index in [9.17, 15) is 9.18 Å². The summed E-state index contributed by atoms with van der Waals surface area (Å²) < 4.78 is 19.7. The molecule has 0 saturated heterocycles. The molecule has 5 heteroatoms. The van der Waals surface area contributed by atoms with E-state index in [4.69, 9.17) is 4.74 Å². The van der Waals surface area contributed by atoms with Crippen LogP contribution in [0.5, 0.6) is 0 Å². The minimum Gasteiger partial charge on any atom is -0.444 e. The summed E-state index contributed by atoms with van der Waals surface area (Å²) >= 11 is 0. The Morgan fingerprint density at radius 1 is 1.30 bits per heavy atom. The van der Waals surface area contributed by atoms with E-state index in [0.717, 1.165) is 37.0 Å². The van der Waals surface area contributed by atoms with Crippen molar-refractivity contribution < 1.29 is 13.9 Å². The highest BCUT2D eigenvalue weighted by Crippen LogP contribution is 2.51. The first-order valence-electron chi connectivity index (χ1n) is 8.11. The van der Waals surface area contributed by atoms with Gasteiger partial charge in [0.05, 0.1) is 0 Å². The van der Waals surface area contributed by atoms with Gasteiger partial charge in [-0.05, 0) is 58.2 Å². The number of rotatable bonds is 1. The number of amides is 1. The molecular weight excluding hydrogens is 295 g/mol. The molecule has 1 N–H and O–H groups in total. The van der Waals surface area contributed by atoms with Gasteiger partial charge in [0.25, 0.3) is 0 Å². The Morgan fingerprint density at radius 3 is 2.57 bits per heavy atom. The third kappa shape index (κ3) is 2.84. The van der Waals surface area contributed by atoms with E-state index < -0.39 is 17.5 Å². The van der Waals surface area contributed by atoms with Crippen molar-refractivity contribution in [3.8, 4) is 0 Å². The fourth-order valence-electron chi connectivity index (χ4n) is 3.65. The highest BCUT2D eigenvalue weighted by Gasteiger charge is 2.44. The number of carbonyl (C=O) groups is 1. The summed E-state index contributed by atoms with van der Waals surface area (Å²) in [6.07, 6.45) is 3.65. The van der Waals surface area contributed by atoms with Crippen LogP contribution in [0.2, 0.25) is 0 Å². The lowest BCUT2D eigenvalue weighted by atomic mass is 9.76. The number of hydrogen-bond donors (Lipinski definition) is 1. The molecule has 0 atom stereocenters. The van der Waals surface area contributed by atoms with Crippen LogP contribution < -0.4 is 5.32 Å². The quantitative estimate of drug-likeness (QED) is 0.784. The molecule has 1 spiro atoms. The van der Waals surface area contributed by atoms with E-state index in [-0.39, 0.29) is 5.41 Å². The standard InChI is InChI=1S/C18H23FN2O2/c1-11-18(7-5-6-8-18)13-9-12(10-14(19)15(13)20-11)21-16(22)23-17(2,3)4/h9-10H,5-8H2,1-4H3,(H,21,22). The molecule has 1 aliphatic carbocycles. The van der Waals surface area contributed by atoms with Crippen molar-refractivity contribution in [1.29, 1.82) is 0 Å². The average Bonchev–Trinajstić information content (AvgIpc) is 2.98. The predicted molar refractivity (Wildman–Crippen MR) is 89.2 cm³/mol. The summed E-state index contributed by atoms with van der Waals surface area (Å²) in [6.45, 7) is 7.35. The number of hydrogen-bond acceptors (Lipinski definition) is 3. The van der Waals surface area contributed by atoms with Crippen LogP contribution in [-0.2, 0) is 10.2 Å². The molecule has 0 bridgehead atoms. The average molecular weight is 318 g/mol. The molecule has 3 rings (SSSR count). The summed E-state index contributed by atoms with van der Waals surface area (Å²) in [5, 5.41) is 2.64. The Hall–Kier alpha value is -1.91. The second-order valence-electron chi connectivity index (χ2n) is 7.47. The number of nitrogens with one attached hydrogen (secondary N) is 1. The van der Waals surface area contributed by atoms with Crippen LogP contribution in [-0.4, -0.2) is 17.4 Å². The molecule has 1 aromatic rings. The summed E-state index contributed by atoms with van der Waals surface area (Å²) in [7, 11) is 0. The smallest absolute Gasteiger partial charge is 0.412 e. The number of benzene rings is 1. The molecule has 1 heterocycles. The van der Waals surface area contributed by atoms with Gasteiger partial charge in [-0.2, -0.15) is 0 Å². The lowest BCUT2D eigenvalue weighted by Crippen LogP contribution is -2.29. The molecule has 0 unspecified atom stereocenters. The largest absolute Gasteiger partial charge is 0.444 e. The topological polar surface area (TPSA) is 50.7 Å². The molecule has 23 heavy (non-hydrogen) atoms. The van der Waals surface area contributed by atoms with Gasteiger partial charge in [0.1, 0.15) is 11.3 Å². The van der Waals surface area contributed by atoms with Crippen molar-refractivity contribution in [3.63, 3.8) is 0 Å². The fraction of sp³-hybridized carbons (Fsp3) is 0.556. The van der Waals surface area contributed by atoms with E-state index in [1.807, 2.05) is 13.0 Å². The van der Waals surface area contributed by atoms with Gasteiger partial charge in [0.2, 0.25) is 0 Å². The lowest BCUT2D eigenvalue weighted by Gasteiger charge is -2.26. The van der Waals surface area contributed by atoms with E-state index in [0.29, 0.717) is 11.4 Å². The summed E-state index contributed by atoms with van der Waals surface area (Å²) in [6, 6.07) is 3.17. The monoisotopic (exact) mass is 318 g/mol. The van der Waals surface area contributed by atoms with Crippen LogP contribution in [0, 0.1) is 5.82 Å². The highest BCUT2D eigenvalue weighted by molar-refractivity contribution is 6.01. The van der Waals surface area contributed by atoms with E-state index in [2.05, 4.69) is 10.3 Å². The second-order valence-corrected chi connectivity index (χ2v) is 7.47. The molecule has 1 saturated carbocycles. The zero-order chi connectivity index (χ0) is 16.8. The summed E-state index contributed by atoms with van der Waals surface area (Å²) in [4.78, 5) is 16.4. The highest BCUT2D eigenvalue weighted by atomic mass is 19.1. The number of halogens is 1. The van der Waals surface area contributed by atoms with Crippen molar-refractivity contribution in [2.75, 3.05) is 5.32 Å². The summed E-state index contributed by atoms with van der Waals surface area (Å²) in [5.41, 5.74) is 2.00.